The molecular weight excluding hydrogens is 572 g/mol. The van der Waals surface area contributed by atoms with Gasteiger partial charge in [-0.05, 0) is 42.2 Å². The van der Waals surface area contributed by atoms with Gasteiger partial charge in [-0.2, -0.15) is 0 Å². The molecule has 0 aromatic heterocycles. The number of nitrogens with zero attached hydrogens (tertiary/aromatic N) is 3. The number of ether oxygens (including phenoxy) is 1. The van der Waals surface area contributed by atoms with Crippen LogP contribution in [-0.2, 0) is 32.6 Å². The number of amides is 2. The van der Waals surface area contributed by atoms with Gasteiger partial charge in [0, 0.05) is 31.1 Å². The number of methoxy groups -OCH3 is 1. The van der Waals surface area contributed by atoms with E-state index in [2.05, 4.69) is 5.32 Å². The van der Waals surface area contributed by atoms with Crippen molar-refractivity contribution in [2.75, 3.05) is 24.2 Å². The fourth-order valence-electron chi connectivity index (χ4n) is 5.26. The molecule has 1 aliphatic carbocycles. The molecule has 0 bridgehead atoms. The lowest BCUT2D eigenvalue weighted by molar-refractivity contribution is -0.384. The summed E-state index contributed by atoms with van der Waals surface area (Å²) in [6, 6.07) is 20.5. The molecule has 0 spiro atoms. The zero-order valence-corrected chi connectivity index (χ0v) is 25.0. The van der Waals surface area contributed by atoms with Crippen molar-refractivity contribution in [2.24, 2.45) is 0 Å². The summed E-state index contributed by atoms with van der Waals surface area (Å²) >= 11 is 0. The van der Waals surface area contributed by atoms with Crippen LogP contribution in [0.5, 0.6) is 5.75 Å². The van der Waals surface area contributed by atoms with Crippen LogP contribution in [0.2, 0.25) is 0 Å². The fourth-order valence-corrected chi connectivity index (χ4v) is 6.11. The van der Waals surface area contributed by atoms with Gasteiger partial charge in [-0.1, -0.05) is 61.4 Å². The molecule has 4 rings (SSSR count). The van der Waals surface area contributed by atoms with Crippen LogP contribution in [-0.4, -0.2) is 62.0 Å². The quantitative estimate of drug-likeness (QED) is 0.228. The SMILES string of the molecule is COc1cccc(CN(C(=O)CN(c2cccc([N+](=O)[O-])c2)S(C)(=O)=O)[C@H](Cc2ccccc2)C(=O)NC2CCCC2)c1. The van der Waals surface area contributed by atoms with Crippen LogP contribution >= 0.6 is 0 Å². The number of carbonyl (C=O) groups excluding carboxylic acids is 2. The number of hydrogen-bond donors (Lipinski definition) is 1. The molecule has 12 heteroatoms. The number of nitro groups is 1. The molecule has 0 radical (unpaired) electrons. The van der Waals surface area contributed by atoms with Gasteiger partial charge in [-0.15, -0.1) is 0 Å². The molecule has 1 saturated carbocycles. The first-order chi connectivity index (χ1) is 20.5. The Hall–Kier alpha value is -4.45. The molecule has 1 atom stereocenters. The summed E-state index contributed by atoms with van der Waals surface area (Å²) in [4.78, 5) is 40.3. The maximum atomic E-state index is 14.2. The molecular formula is C31H36N4O7S. The van der Waals surface area contributed by atoms with Crippen LogP contribution in [0.3, 0.4) is 0 Å². The van der Waals surface area contributed by atoms with Gasteiger partial charge >= 0.3 is 0 Å². The van der Waals surface area contributed by atoms with Crippen LogP contribution in [0.4, 0.5) is 11.4 Å². The first-order valence-electron chi connectivity index (χ1n) is 14.0. The highest BCUT2D eigenvalue weighted by Gasteiger charge is 2.34. The number of sulfonamides is 1. The predicted octanol–water partition coefficient (Wildman–Crippen LogP) is 4.07. The summed E-state index contributed by atoms with van der Waals surface area (Å²) in [6.07, 6.45) is 4.84. The number of rotatable bonds is 13. The maximum absolute atomic E-state index is 14.2. The van der Waals surface area contributed by atoms with E-state index in [1.807, 2.05) is 30.3 Å². The fraction of sp³-hybridized carbons (Fsp3) is 0.355. The Bertz CT molecular complexity index is 1540. The molecule has 2 amide bonds. The van der Waals surface area contributed by atoms with Crippen LogP contribution < -0.4 is 14.4 Å². The lowest BCUT2D eigenvalue weighted by Crippen LogP contribution is -2.54. The number of anilines is 1. The van der Waals surface area contributed by atoms with Crippen molar-refractivity contribution in [2.45, 2.75) is 50.7 Å². The molecule has 0 saturated heterocycles. The number of non-ortho nitro benzene ring substituents is 1. The summed E-state index contributed by atoms with van der Waals surface area (Å²) in [5.41, 5.74) is 1.17. The molecule has 11 nitrogen and oxygen atoms in total. The smallest absolute Gasteiger partial charge is 0.271 e. The van der Waals surface area contributed by atoms with Crippen molar-refractivity contribution >= 4 is 33.2 Å². The molecule has 3 aromatic carbocycles. The molecule has 0 unspecified atom stereocenters. The Balaban J connectivity index is 1.75. The van der Waals surface area contributed by atoms with Crippen molar-refractivity contribution in [1.82, 2.24) is 10.2 Å². The third-order valence-corrected chi connectivity index (χ3v) is 8.61. The van der Waals surface area contributed by atoms with Crippen LogP contribution in [0.25, 0.3) is 0 Å². The minimum absolute atomic E-state index is 0.00183. The van der Waals surface area contributed by atoms with Gasteiger partial charge in [0.25, 0.3) is 5.69 Å². The molecule has 0 aliphatic heterocycles. The highest BCUT2D eigenvalue weighted by molar-refractivity contribution is 7.92. The van der Waals surface area contributed by atoms with Gasteiger partial charge in [-0.3, -0.25) is 24.0 Å². The van der Waals surface area contributed by atoms with E-state index >= 15 is 0 Å². The van der Waals surface area contributed by atoms with Gasteiger partial charge in [0.1, 0.15) is 18.3 Å². The minimum atomic E-state index is -4.05. The van der Waals surface area contributed by atoms with Crippen molar-refractivity contribution in [3.8, 4) is 5.75 Å². The van der Waals surface area contributed by atoms with Gasteiger partial charge in [0.05, 0.1) is 24.0 Å². The first-order valence-corrected chi connectivity index (χ1v) is 15.9. The Kier molecular flexibility index (Phi) is 10.4. The zero-order chi connectivity index (χ0) is 31.0. The second-order valence-electron chi connectivity index (χ2n) is 10.6. The Labute approximate surface area is 251 Å². The standard InChI is InChI=1S/C31H36N4O7S/c1-42-28-17-8-12-24(18-28)21-33(29(19-23-10-4-3-5-11-23)31(37)32-25-13-6-7-14-25)30(36)22-34(43(2,40)41)26-15-9-16-27(20-26)35(38)39/h3-5,8-12,15-18,20,25,29H,6-7,13-14,19,21-22H2,1-2H3,(H,32,37)/t29-/m1/s1. The van der Waals surface area contributed by atoms with Gasteiger partial charge in [-0.25, -0.2) is 8.42 Å². The summed E-state index contributed by atoms with van der Waals surface area (Å²) in [5, 5.41) is 14.5. The molecule has 1 N–H and O–H groups in total. The lowest BCUT2D eigenvalue weighted by atomic mass is 10.0. The van der Waals surface area contributed by atoms with Crippen LogP contribution in [0.15, 0.2) is 78.9 Å². The van der Waals surface area contributed by atoms with Crippen LogP contribution in [0.1, 0.15) is 36.8 Å². The normalized spacial score (nSPS) is 14.1. The largest absolute Gasteiger partial charge is 0.497 e. The number of benzene rings is 3. The number of carbonyl (C=O) groups is 2. The average Bonchev–Trinajstić information content (AvgIpc) is 3.50. The zero-order valence-electron chi connectivity index (χ0n) is 24.2. The highest BCUT2D eigenvalue weighted by Crippen LogP contribution is 2.25. The summed E-state index contributed by atoms with van der Waals surface area (Å²) in [6.45, 7) is -0.663. The Morgan fingerprint density at radius 1 is 1.00 bits per heavy atom. The third kappa shape index (κ3) is 8.54. The Morgan fingerprint density at radius 3 is 2.33 bits per heavy atom. The minimum Gasteiger partial charge on any atom is -0.497 e. The molecule has 43 heavy (non-hydrogen) atoms. The summed E-state index contributed by atoms with van der Waals surface area (Å²) in [7, 11) is -2.53. The number of nitro benzene ring substituents is 1. The van der Waals surface area contributed by atoms with Gasteiger partial charge in [0.2, 0.25) is 21.8 Å². The van der Waals surface area contributed by atoms with Gasteiger partial charge in [0.15, 0.2) is 0 Å². The molecule has 0 heterocycles. The van der Waals surface area contributed by atoms with Crippen LogP contribution in [0, 0.1) is 10.1 Å². The van der Waals surface area contributed by atoms with E-state index in [0.29, 0.717) is 11.3 Å². The third-order valence-electron chi connectivity index (χ3n) is 7.47. The van der Waals surface area contributed by atoms with E-state index in [4.69, 9.17) is 4.74 Å². The van der Waals surface area contributed by atoms with Crippen molar-refractivity contribution in [3.05, 3.63) is 100 Å². The first kappa shape index (κ1) is 31.5. The van der Waals surface area contributed by atoms with E-state index in [0.717, 1.165) is 47.9 Å². The monoisotopic (exact) mass is 608 g/mol. The van der Waals surface area contributed by atoms with E-state index in [1.165, 1.54) is 30.2 Å². The molecule has 1 aliphatic rings. The van der Waals surface area contributed by atoms with E-state index in [9.17, 15) is 28.1 Å². The summed E-state index contributed by atoms with van der Waals surface area (Å²) < 4.78 is 32.0. The molecule has 228 valence electrons. The Morgan fingerprint density at radius 2 is 1.67 bits per heavy atom. The molecule has 3 aromatic rings. The van der Waals surface area contributed by atoms with Gasteiger partial charge < -0.3 is 15.0 Å². The number of nitrogens with one attached hydrogen (secondary N) is 1. The maximum Gasteiger partial charge on any atom is 0.271 e. The predicted molar refractivity (Wildman–Crippen MR) is 163 cm³/mol. The van der Waals surface area contributed by atoms with E-state index in [-0.39, 0.29) is 36.3 Å². The number of hydrogen-bond acceptors (Lipinski definition) is 7. The highest BCUT2D eigenvalue weighted by atomic mass is 32.2. The van der Waals surface area contributed by atoms with E-state index < -0.39 is 33.4 Å². The molecule has 1 fully saturated rings. The lowest BCUT2D eigenvalue weighted by Gasteiger charge is -2.34. The van der Waals surface area contributed by atoms with E-state index in [1.54, 1.807) is 24.3 Å². The van der Waals surface area contributed by atoms with Crippen molar-refractivity contribution in [1.29, 1.82) is 0 Å². The topological polar surface area (TPSA) is 139 Å². The average molecular weight is 609 g/mol. The van der Waals surface area contributed by atoms with Crippen molar-refractivity contribution < 1.29 is 27.7 Å². The second kappa shape index (κ2) is 14.1. The summed E-state index contributed by atoms with van der Waals surface area (Å²) in [5.74, 6) is -0.398. The second-order valence-corrected chi connectivity index (χ2v) is 12.5. The van der Waals surface area contributed by atoms with Crippen molar-refractivity contribution in [3.63, 3.8) is 0 Å².